The number of hydrogen-bond acceptors (Lipinski definition) is 4. The van der Waals surface area contributed by atoms with Crippen LogP contribution in [0, 0.1) is 0 Å². The van der Waals surface area contributed by atoms with E-state index in [1.54, 1.807) is 13.0 Å². The summed E-state index contributed by atoms with van der Waals surface area (Å²) in [6.45, 7) is 4.43. The van der Waals surface area contributed by atoms with Gasteiger partial charge in [-0.1, -0.05) is 6.07 Å². The lowest BCUT2D eigenvalue weighted by Gasteiger charge is -2.21. The molecule has 0 spiro atoms. The quantitative estimate of drug-likeness (QED) is 0.763. The molecule has 0 bridgehead atoms. The van der Waals surface area contributed by atoms with Crippen LogP contribution < -0.4 is 15.2 Å². The van der Waals surface area contributed by atoms with Crippen LogP contribution in [0.3, 0.4) is 0 Å². The summed E-state index contributed by atoms with van der Waals surface area (Å²) in [5.74, 6) is 1.46. The molecule has 4 heteroatoms. The topological polar surface area (TPSA) is 64.7 Å². The van der Waals surface area contributed by atoms with E-state index in [4.69, 9.17) is 20.3 Å². The molecule has 0 aliphatic rings. The predicted octanol–water partition coefficient (Wildman–Crippen LogP) is 1.17. The highest BCUT2D eigenvalue weighted by Crippen LogP contribution is 2.20. The highest BCUT2D eigenvalue weighted by molar-refractivity contribution is 5.32. The van der Waals surface area contributed by atoms with Gasteiger partial charge in [-0.15, -0.1) is 0 Å². The predicted molar refractivity (Wildman–Crippen MR) is 62.8 cm³/mol. The average Bonchev–Trinajstić information content (AvgIpc) is 2.28. The largest absolute Gasteiger partial charge is 0.494 e. The summed E-state index contributed by atoms with van der Waals surface area (Å²) in [5.41, 5.74) is 5.03. The third-order valence-corrected chi connectivity index (χ3v) is 2.05. The third kappa shape index (κ3) is 4.08. The van der Waals surface area contributed by atoms with Gasteiger partial charge in [0.15, 0.2) is 0 Å². The molecule has 4 nitrogen and oxygen atoms in total. The minimum absolute atomic E-state index is 0.113. The van der Waals surface area contributed by atoms with Crippen molar-refractivity contribution in [2.75, 3.05) is 19.8 Å². The normalized spacial score (nSPS) is 14.2. The van der Waals surface area contributed by atoms with Crippen LogP contribution in [0.4, 0.5) is 0 Å². The van der Waals surface area contributed by atoms with Crippen molar-refractivity contribution in [1.82, 2.24) is 0 Å². The van der Waals surface area contributed by atoms with Crippen molar-refractivity contribution in [3.63, 3.8) is 0 Å². The summed E-state index contributed by atoms with van der Waals surface area (Å²) in [6, 6.07) is 7.35. The van der Waals surface area contributed by atoms with Crippen LogP contribution in [0.15, 0.2) is 24.3 Å². The number of hydrogen-bond donors (Lipinski definition) is 2. The van der Waals surface area contributed by atoms with E-state index in [1.807, 2.05) is 25.1 Å². The van der Waals surface area contributed by atoms with Crippen LogP contribution in [-0.4, -0.2) is 30.5 Å². The van der Waals surface area contributed by atoms with Gasteiger partial charge in [0.2, 0.25) is 0 Å². The molecule has 1 unspecified atom stereocenters. The first-order chi connectivity index (χ1) is 7.57. The van der Waals surface area contributed by atoms with E-state index < -0.39 is 5.54 Å². The van der Waals surface area contributed by atoms with Gasteiger partial charge in [-0.05, 0) is 26.0 Å². The molecule has 1 aromatic rings. The SMILES string of the molecule is CCOc1cccc(OCC(C)(N)CO)c1. The zero-order valence-electron chi connectivity index (χ0n) is 9.77. The van der Waals surface area contributed by atoms with Crippen molar-refractivity contribution in [2.24, 2.45) is 5.73 Å². The molecule has 0 amide bonds. The molecule has 1 aromatic carbocycles. The molecule has 90 valence electrons. The third-order valence-electron chi connectivity index (χ3n) is 2.05. The van der Waals surface area contributed by atoms with Crippen molar-refractivity contribution < 1.29 is 14.6 Å². The van der Waals surface area contributed by atoms with Crippen molar-refractivity contribution in [1.29, 1.82) is 0 Å². The molecule has 0 aliphatic carbocycles. The molecule has 0 fully saturated rings. The van der Waals surface area contributed by atoms with Crippen molar-refractivity contribution in [2.45, 2.75) is 19.4 Å². The Bertz CT molecular complexity index is 326. The number of aliphatic hydroxyl groups excluding tert-OH is 1. The van der Waals surface area contributed by atoms with Gasteiger partial charge >= 0.3 is 0 Å². The van der Waals surface area contributed by atoms with Gasteiger partial charge < -0.3 is 20.3 Å². The van der Waals surface area contributed by atoms with E-state index in [-0.39, 0.29) is 13.2 Å². The summed E-state index contributed by atoms with van der Waals surface area (Å²) in [7, 11) is 0. The smallest absolute Gasteiger partial charge is 0.123 e. The van der Waals surface area contributed by atoms with Gasteiger partial charge in [0.1, 0.15) is 18.1 Å². The fourth-order valence-electron chi connectivity index (χ4n) is 1.11. The van der Waals surface area contributed by atoms with Crippen molar-refractivity contribution in [3.05, 3.63) is 24.3 Å². The Morgan fingerprint density at radius 3 is 2.50 bits per heavy atom. The van der Waals surface area contributed by atoms with Gasteiger partial charge in [0, 0.05) is 6.07 Å². The van der Waals surface area contributed by atoms with Gasteiger partial charge in [0.05, 0.1) is 18.8 Å². The van der Waals surface area contributed by atoms with E-state index in [2.05, 4.69) is 0 Å². The standard InChI is InChI=1S/C12H19NO3/c1-3-15-10-5-4-6-11(7-10)16-9-12(2,13)8-14/h4-7,14H,3,8-9,13H2,1-2H3. The van der Waals surface area contributed by atoms with Crippen LogP contribution in [0.1, 0.15) is 13.8 Å². The molecular weight excluding hydrogens is 206 g/mol. The number of ether oxygens (including phenoxy) is 2. The molecule has 0 aromatic heterocycles. The van der Waals surface area contributed by atoms with Crippen molar-refractivity contribution >= 4 is 0 Å². The molecule has 1 atom stereocenters. The van der Waals surface area contributed by atoms with E-state index in [9.17, 15) is 0 Å². The molecule has 16 heavy (non-hydrogen) atoms. The molecule has 1 rings (SSSR count). The number of aliphatic hydroxyl groups is 1. The summed E-state index contributed by atoms with van der Waals surface area (Å²) >= 11 is 0. The molecule has 0 aliphatic heterocycles. The summed E-state index contributed by atoms with van der Waals surface area (Å²) in [6.07, 6.45) is 0. The highest BCUT2D eigenvalue weighted by atomic mass is 16.5. The Balaban J connectivity index is 2.57. The molecule has 0 radical (unpaired) electrons. The number of benzene rings is 1. The van der Waals surface area contributed by atoms with Crippen LogP contribution >= 0.6 is 0 Å². The Kier molecular flexibility index (Phi) is 4.58. The fourth-order valence-corrected chi connectivity index (χ4v) is 1.11. The number of rotatable bonds is 6. The van der Waals surface area contributed by atoms with Gasteiger partial charge in [-0.25, -0.2) is 0 Å². The van der Waals surface area contributed by atoms with Crippen LogP contribution in [-0.2, 0) is 0 Å². The minimum Gasteiger partial charge on any atom is -0.494 e. The summed E-state index contributed by atoms with van der Waals surface area (Å²) in [4.78, 5) is 0. The number of nitrogens with two attached hydrogens (primary N) is 1. The summed E-state index contributed by atoms with van der Waals surface area (Å²) in [5, 5.41) is 8.98. The lowest BCUT2D eigenvalue weighted by Crippen LogP contribution is -2.45. The van der Waals surface area contributed by atoms with E-state index >= 15 is 0 Å². The zero-order valence-corrected chi connectivity index (χ0v) is 9.77. The van der Waals surface area contributed by atoms with E-state index in [0.717, 1.165) is 5.75 Å². The Morgan fingerprint density at radius 2 is 1.94 bits per heavy atom. The summed E-state index contributed by atoms with van der Waals surface area (Å²) < 4.78 is 10.8. The molecule has 0 saturated heterocycles. The fraction of sp³-hybridized carbons (Fsp3) is 0.500. The second-order valence-corrected chi connectivity index (χ2v) is 4.01. The second-order valence-electron chi connectivity index (χ2n) is 4.01. The maximum atomic E-state index is 8.98. The molecular formula is C12H19NO3. The van der Waals surface area contributed by atoms with E-state index in [0.29, 0.717) is 12.4 Å². The lowest BCUT2D eigenvalue weighted by atomic mass is 10.1. The Labute approximate surface area is 96.0 Å². The zero-order chi connectivity index (χ0) is 12.0. The van der Waals surface area contributed by atoms with Gasteiger partial charge in [0.25, 0.3) is 0 Å². The molecule has 0 heterocycles. The first-order valence-corrected chi connectivity index (χ1v) is 5.33. The van der Waals surface area contributed by atoms with Gasteiger partial charge in [-0.3, -0.25) is 0 Å². The second kappa shape index (κ2) is 5.72. The lowest BCUT2D eigenvalue weighted by molar-refractivity contribution is 0.146. The van der Waals surface area contributed by atoms with Crippen LogP contribution in [0.5, 0.6) is 11.5 Å². The Morgan fingerprint density at radius 1 is 1.31 bits per heavy atom. The first-order valence-electron chi connectivity index (χ1n) is 5.33. The van der Waals surface area contributed by atoms with Gasteiger partial charge in [-0.2, -0.15) is 0 Å². The molecule has 0 saturated carbocycles. The monoisotopic (exact) mass is 225 g/mol. The Hall–Kier alpha value is -1.26. The average molecular weight is 225 g/mol. The molecule has 3 N–H and O–H groups in total. The van der Waals surface area contributed by atoms with Crippen molar-refractivity contribution in [3.8, 4) is 11.5 Å². The maximum Gasteiger partial charge on any atom is 0.123 e. The maximum absolute atomic E-state index is 8.98. The van der Waals surface area contributed by atoms with E-state index in [1.165, 1.54) is 0 Å². The van der Waals surface area contributed by atoms with Crippen LogP contribution in [0.2, 0.25) is 0 Å². The highest BCUT2D eigenvalue weighted by Gasteiger charge is 2.17. The minimum atomic E-state index is -0.721. The first kappa shape index (κ1) is 12.8. The van der Waals surface area contributed by atoms with Crippen LogP contribution in [0.25, 0.3) is 0 Å².